The van der Waals surface area contributed by atoms with Gasteiger partial charge in [0.15, 0.2) is 0 Å². The van der Waals surface area contributed by atoms with Crippen LogP contribution in [0, 0.1) is 0 Å². The molecule has 1 fully saturated rings. The van der Waals surface area contributed by atoms with E-state index in [-0.39, 0.29) is 6.09 Å². The second kappa shape index (κ2) is 2.77. The van der Waals surface area contributed by atoms with Gasteiger partial charge in [0.25, 0.3) is 0 Å². The van der Waals surface area contributed by atoms with Crippen LogP contribution < -0.4 is 0 Å². The van der Waals surface area contributed by atoms with E-state index in [4.69, 9.17) is 0 Å². The second-order valence-corrected chi connectivity index (χ2v) is 2.47. The second-order valence-electron chi connectivity index (χ2n) is 1.49. The summed E-state index contributed by atoms with van der Waals surface area (Å²) >= 11 is 1.27. The molecule has 0 atom stereocenters. The maximum atomic E-state index is 10.6. The molecule has 50 valence electrons. The van der Waals surface area contributed by atoms with Gasteiger partial charge in [0.2, 0.25) is 0 Å². The number of carbonyl (C=O) groups excluding carboxylic acids is 1. The lowest BCUT2D eigenvalue weighted by Crippen LogP contribution is -2.13. The molecular formula is C5H7NO2S. The van der Waals surface area contributed by atoms with Crippen LogP contribution >= 0.6 is 11.9 Å². The van der Waals surface area contributed by atoms with E-state index < -0.39 is 0 Å². The highest BCUT2D eigenvalue weighted by molar-refractivity contribution is 8.00. The summed E-state index contributed by atoms with van der Waals surface area (Å²) in [6.07, 6.45) is -0.264. The smallest absolute Gasteiger partial charge is 0.420 e. The lowest BCUT2D eigenvalue weighted by atomic mass is 10.7. The number of ether oxygens (including phenoxy) is 1. The Bertz CT molecular complexity index is 137. The van der Waals surface area contributed by atoms with E-state index in [0.717, 1.165) is 0 Å². The van der Waals surface area contributed by atoms with Crippen molar-refractivity contribution in [1.29, 1.82) is 0 Å². The van der Waals surface area contributed by atoms with Crippen LogP contribution in [0.5, 0.6) is 0 Å². The van der Waals surface area contributed by atoms with Crippen LogP contribution in [0.3, 0.4) is 0 Å². The lowest BCUT2D eigenvalue weighted by molar-refractivity contribution is 0.171. The van der Waals surface area contributed by atoms with Gasteiger partial charge < -0.3 is 4.74 Å². The minimum absolute atomic E-state index is 0.264. The van der Waals surface area contributed by atoms with Crippen LogP contribution in [-0.2, 0) is 4.74 Å². The lowest BCUT2D eigenvalue weighted by Gasteiger charge is -2.04. The normalized spacial score (nSPS) is 17.8. The molecule has 0 unspecified atom stereocenters. The van der Waals surface area contributed by atoms with E-state index in [9.17, 15) is 4.79 Å². The van der Waals surface area contributed by atoms with Gasteiger partial charge in [-0.15, -0.1) is 0 Å². The summed E-state index contributed by atoms with van der Waals surface area (Å²) in [4.78, 5) is 10.6. The summed E-state index contributed by atoms with van der Waals surface area (Å²) in [7, 11) is 0. The summed E-state index contributed by atoms with van der Waals surface area (Å²) in [5.74, 6) is 0. The Morgan fingerprint density at radius 2 is 2.67 bits per heavy atom. The van der Waals surface area contributed by atoms with Gasteiger partial charge in [-0.25, -0.2) is 9.10 Å². The zero-order valence-corrected chi connectivity index (χ0v) is 5.69. The number of rotatable bonds is 2. The molecule has 0 aliphatic carbocycles. The topological polar surface area (TPSA) is 29.5 Å². The van der Waals surface area contributed by atoms with Crippen molar-refractivity contribution in [2.45, 2.75) is 0 Å². The molecule has 0 saturated carbocycles. The third kappa shape index (κ3) is 1.38. The van der Waals surface area contributed by atoms with Crippen molar-refractivity contribution in [3.8, 4) is 0 Å². The quantitative estimate of drug-likeness (QED) is 0.547. The third-order valence-corrected chi connectivity index (χ3v) is 1.66. The van der Waals surface area contributed by atoms with Gasteiger partial charge in [0.1, 0.15) is 6.61 Å². The number of carbonyl (C=O) groups is 1. The van der Waals surface area contributed by atoms with Crippen LogP contribution in [-0.4, -0.2) is 23.6 Å². The number of hydrogen-bond donors (Lipinski definition) is 0. The number of hydrogen-bond acceptors (Lipinski definition) is 3. The molecule has 0 aromatic heterocycles. The molecule has 1 aliphatic rings. The first kappa shape index (κ1) is 6.48. The SMILES string of the molecule is C=CSN1CCOC1=O. The van der Waals surface area contributed by atoms with Crippen molar-refractivity contribution >= 4 is 18.0 Å². The molecular weight excluding hydrogens is 138 g/mol. The van der Waals surface area contributed by atoms with Crippen molar-refractivity contribution in [1.82, 2.24) is 4.31 Å². The predicted molar refractivity (Wildman–Crippen MR) is 35.8 cm³/mol. The molecule has 1 amide bonds. The van der Waals surface area contributed by atoms with Crippen LogP contribution in [0.4, 0.5) is 4.79 Å². The molecule has 1 heterocycles. The first-order chi connectivity index (χ1) is 4.34. The summed E-state index contributed by atoms with van der Waals surface area (Å²) in [5, 5.41) is 1.60. The third-order valence-electron chi connectivity index (χ3n) is 0.925. The average molecular weight is 145 g/mol. The molecule has 0 aromatic carbocycles. The fraction of sp³-hybridized carbons (Fsp3) is 0.400. The number of cyclic esters (lactones) is 1. The molecule has 9 heavy (non-hydrogen) atoms. The van der Waals surface area contributed by atoms with Gasteiger partial charge in [-0.2, -0.15) is 0 Å². The van der Waals surface area contributed by atoms with Crippen LogP contribution in [0.1, 0.15) is 0 Å². The molecule has 3 nitrogen and oxygen atoms in total. The summed E-state index contributed by atoms with van der Waals surface area (Å²) in [5.41, 5.74) is 0. The summed E-state index contributed by atoms with van der Waals surface area (Å²) in [6, 6.07) is 0. The van der Waals surface area contributed by atoms with Crippen LogP contribution in [0.15, 0.2) is 12.0 Å². The Balaban J connectivity index is 2.39. The Hall–Kier alpha value is -0.640. The van der Waals surface area contributed by atoms with E-state index in [0.29, 0.717) is 13.2 Å². The first-order valence-electron chi connectivity index (χ1n) is 2.56. The monoisotopic (exact) mass is 145 g/mol. The minimum Gasteiger partial charge on any atom is -0.447 e. The maximum Gasteiger partial charge on any atom is 0.420 e. The van der Waals surface area contributed by atoms with Crippen molar-refractivity contribution < 1.29 is 9.53 Å². The Labute approximate surface area is 57.8 Å². The summed E-state index contributed by atoms with van der Waals surface area (Å²) < 4.78 is 6.16. The fourth-order valence-electron chi connectivity index (χ4n) is 0.565. The molecule has 0 aromatic rings. The molecule has 1 aliphatic heterocycles. The van der Waals surface area contributed by atoms with Gasteiger partial charge >= 0.3 is 6.09 Å². The van der Waals surface area contributed by atoms with E-state index in [1.807, 2.05) is 0 Å². The number of nitrogens with zero attached hydrogens (tertiary/aromatic N) is 1. The predicted octanol–water partition coefficient (Wildman–Crippen LogP) is 1.23. The largest absolute Gasteiger partial charge is 0.447 e. The average Bonchev–Trinajstić information content (AvgIpc) is 2.18. The van der Waals surface area contributed by atoms with Crippen LogP contribution in [0.2, 0.25) is 0 Å². The molecule has 0 spiro atoms. The Morgan fingerprint density at radius 1 is 1.89 bits per heavy atom. The van der Waals surface area contributed by atoms with Crippen molar-refractivity contribution in [2.24, 2.45) is 0 Å². The van der Waals surface area contributed by atoms with Gasteiger partial charge in [0.05, 0.1) is 6.54 Å². The Kier molecular flexibility index (Phi) is 2.00. The standard InChI is InChI=1S/C5H7NO2S/c1-2-9-6-3-4-8-5(6)7/h2H,1,3-4H2. The van der Waals surface area contributed by atoms with Crippen molar-refractivity contribution in [2.75, 3.05) is 13.2 Å². The molecule has 0 N–H and O–H groups in total. The minimum atomic E-state index is -0.264. The van der Waals surface area contributed by atoms with Gasteiger partial charge in [-0.05, 0) is 17.4 Å². The summed E-state index contributed by atoms with van der Waals surface area (Å²) in [6.45, 7) is 4.63. The highest BCUT2D eigenvalue weighted by atomic mass is 32.2. The molecule has 0 bridgehead atoms. The first-order valence-corrected chi connectivity index (χ1v) is 3.40. The van der Waals surface area contributed by atoms with Crippen LogP contribution in [0.25, 0.3) is 0 Å². The zero-order valence-electron chi connectivity index (χ0n) is 4.87. The molecule has 1 rings (SSSR count). The van der Waals surface area contributed by atoms with E-state index in [2.05, 4.69) is 11.3 Å². The molecule has 1 saturated heterocycles. The van der Waals surface area contributed by atoms with Crippen molar-refractivity contribution in [3.05, 3.63) is 12.0 Å². The van der Waals surface area contributed by atoms with E-state index in [1.165, 1.54) is 16.3 Å². The highest BCUT2D eigenvalue weighted by Crippen LogP contribution is 2.15. The van der Waals surface area contributed by atoms with E-state index in [1.54, 1.807) is 5.41 Å². The number of amides is 1. The van der Waals surface area contributed by atoms with Gasteiger partial charge in [-0.3, -0.25) is 0 Å². The van der Waals surface area contributed by atoms with Crippen molar-refractivity contribution in [3.63, 3.8) is 0 Å². The molecule has 0 radical (unpaired) electrons. The highest BCUT2D eigenvalue weighted by Gasteiger charge is 2.20. The van der Waals surface area contributed by atoms with E-state index >= 15 is 0 Å². The molecule has 4 heteroatoms. The zero-order chi connectivity index (χ0) is 6.69. The van der Waals surface area contributed by atoms with Gasteiger partial charge in [0, 0.05) is 0 Å². The fourth-order valence-corrected chi connectivity index (χ4v) is 1.06. The van der Waals surface area contributed by atoms with Gasteiger partial charge in [-0.1, -0.05) is 6.58 Å². The Morgan fingerprint density at radius 3 is 3.11 bits per heavy atom. The maximum absolute atomic E-state index is 10.6.